The van der Waals surface area contributed by atoms with Gasteiger partial charge in [0.05, 0.1) is 5.69 Å². The Bertz CT molecular complexity index is 1670. The zero-order valence-electron chi connectivity index (χ0n) is 27.5. The van der Waals surface area contributed by atoms with Gasteiger partial charge in [0, 0.05) is 87.1 Å². The molecule has 2 aromatic heterocycles. The summed E-state index contributed by atoms with van der Waals surface area (Å²) in [5, 5.41) is 13.5. The summed E-state index contributed by atoms with van der Waals surface area (Å²) in [6.45, 7) is 17.1. The van der Waals surface area contributed by atoms with Crippen molar-refractivity contribution in [3.63, 3.8) is 0 Å². The van der Waals surface area contributed by atoms with Crippen LogP contribution in [0.25, 0.3) is 5.82 Å². The summed E-state index contributed by atoms with van der Waals surface area (Å²) in [6, 6.07) is 15.9. The number of aryl methyl sites for hydroxylation is 3. The van der Waals surface area contributed by atoms with E-state index in [-0.39, 0.29) is 5.91 Å². The van der Waals surface area contributed by atoms with Crippen molar-refractivity contribution in [2.24, 2.45) is 0 Å². The first-order valence-electron chi connectivity index (χ1n) is 16.1. The van der Waals surface area contributed by atoms with E-state index in [2.05, 4.69) is 65.8 Å². The number of hydrazine groups is 1. The van der Waals surface area contributed by atoms with E-state index in [0.717, 1.165) is 98.7 Å². The summed E-state index contributed by atoms with van der Waals surface area (Å²) < 4.78 is 1.78. The number of hydrogen-bond acceptors (Lipinski definition) is 10. The van der Waals surface area contributed by atoms with Crippen LogP contribution in [0.5, 0.6) is 0 Å². The van der Waals surface area contributed by atoms with Crippen LogP contribution in [-0.4, -0.2) is 106 Å². The van der Waals surface area contributed by atoms with E-state index >= 15 is 0 Å². The highest BCUT2D eigenvalue weighted by Crippen LogP contribution is 2.28. The number of carbonyl (C=O) groups excluding carboxylic acids is 1. The molecule has 0 radical (unpaired) electrons. The molecule has 0 bridgehead atoms. The number of carbonyl (C=O) groups is 1. The first-order valence-corrected chi connectivity index (χ1v) is 16.1. The fourth-order valence-electron chi connectivity index (χ4n) is 5.94. The SMILES string of the molecule is CCN1CCN(c2cc(C)cc(C(=O)Nc3ccc(C)c(Nc4cc(C)nn4-c4cc(NN5CCN(C)CC5)ncn4)c3)c2)CC1. The van der Waals surface area contributed by atoms with E-state index in [1.54, 1.807) is 11.0 Å². The third-order valence-corrected chi connectivity index (χ3v) is 8.74. The molecule has 0 unspecified atom stereocenters. The molecule has 0 saturated carbocycles. The number of amides is 1. The molecule has 4 aromatic rings. The molecule has 0 aliphatic carbocycles. The Labute approximate surface area is 271 Å². The fraction of sp³-hybridized carbons (Fsp3) is 0.412. The second kappa shape index (κ2) is 13.9. The molecular formula is C34H45N11O. The summed E-state index contributed by atoms with van der Waals surface area (Å²) in [6.07, 6.45) is 1.55. The highest BCUT2D eigenvalue weighted by Gasteiger charge is 2.19. The average Bonchev–Trinajstić information content (AvgIpc) is 3.43. The van der Waals surface area contributed by atoms with E-state index in [1.807, 2.05) is 63.2 Å². The molecule has 2 saturated heterocycles. The molecule has 46 heavy (non-hydrogen) atoms. The van der Waals surface area contributed by atoms with Crippen LogP contribution >= 0.6 is 0 Å². The average molecular weight is 624 g/mol. The third kappa shape index (κ3) is 7.47. The lowest BCUT2D eigenvalue weighted by atomic mass is 10.1. The van der Waals surface area contributed by atoms with Crippen LogP contribution < -0.4 is 21.0 Å². The molecule has 242 valence electrons. The molecule has 2 aliphatic heterocycles. The summed E-state index contributed by atoms with van der Waals surface area (Å²) >= 11 is 0. The van der Waals surface area contributed by atoms with Gasteiger partial charge in [-0.25, -0.2) is 15.0 Å². The molecule has 2 aromatic carbocycles. The number of nitrogens with zero attached hydrogens (tertiary/aromatic N) is 8. The zero-order chi connectivity index (χ0) is 32.2. The van der Waals surface area contributed by atoms with Crippen molar-refractivity contribution >= 4 is 34.6 Å². The van der Waals surface area contributed by atoms with Gasteiger partial charge in [-0.05, 0) is 75.8 Å². The van der Waals surface area contributed by atoms with Gasteiger partial charge in [0.25, 0.3) is 5.91 Å². The lowest BCUT2D eigenvalue weighted by molar-refractivity contribution is 0.102. The van der Waals surface area contributed by atoms with Gasteiger partial charge >= 0.3 is 0 Å². The van der Waals surface area contributed by atoms with Gasteiger partial charge in [0.1, 0.15) is 18.0 Å². The molecule has 3 N–H and O–H groups in total. The maximum absolute atomic E-state index is 13.5. The number of likely N-dealkylation sites (N-methyl/N-ethyl adjacent to an activating group) is 2. The minimum absolute atomic E-state index is 0.130. The fourth-order valence-corrected chi connectivity index (χ4v) is 5.94. The van der Waals surface area contributed by atoms with E-state index in [0.29, 0.717) is 17.1 Å². The highest BCUT2D eigenvalue weighted by atomic mass is 16.1. The second-order valence-electron chi connectivity index (χ2n) is 12.3. The molecular weight excluding hydrogens is 578 g/mol. The van der Waals surface area contributed by atoms with Gasteiger partial charge in [0.15, 0.2) is 5.82 Å². The van der Waals surface area contributed by atoms with Crippen LogP contribution in [0, 0.1) is 20.8 Å². The van der Waals surface area contributed by atoms with Gasteiger partial charge in [0.2, 0.25) is 0 Å². The first-order chi connectivity index (χ1) is 22.2. The molecule has 12 heteroatoms. The monoisotopic (exact) mass is 623 g/mol. The molecule has 12 nitrogen and oxygen atoms in total. The van der Waals surface area contributed by atoms with Gasteiger partial charge in [-0.2, -0.15) is 9.78 Å². The lowest BCUT2D eigenvalue weighted by Gasteiger charge is -2.35. The van der Waals surface area contributed by atoms with Gasteiger partial charge in [-0.3, -0.25) is 4.79 Å². The Kier molecular flexibility index (Phi) is 9.48. The van der Waals surface area contributed by atoms with Crippen molar-refractivity contribution in [1.82, 2.24) is 34.6 Å². The van der Waals surface area contributed by atoms with Crippen molar-refractivity contribution in [3.8, 4) is 5.82 Å². The quantitative estimate of drug-likeness (QED) is 0.250. The van der Waals surface area contributed by atoms with E-state index in [4.69, 9.17) is 5.10 Å². The Hall–Kier alpha value is -4.52. The first kappa shape index (κ1) is 31.5. The maximum atomic E-state index is 13.5. The molecule has 1 amide bonds. The predicted molar refractivity (Wildman–Crippen MR) is 185 cm³/mol. The summed E-state index contributed by atoms with van der Waals surface area (Å²) in [5.74, 6) is 2.00. The smallest absolute Gasteiger partial charge is 0.255 e. The van der Waals surface area contributed by atoms with Crippen molar-refractivity contribution in [3.05, 3.63) is 77.2 Å². The van der Waals surface area contributed by atoms with Gasteiger partial charge < -0.3 is 30.8 Å². The van der Waals surface area contributed by atoms with Gasteiger partial charge in [-0.1, -0.05) is 13.0 Å². The number of rotatable bonds is 9. The number of benzene rings is 2. The van der Waals surface area contributed by atoms with Crippen LogP contribution in [0.2, 0.25) is 0 Å². The van der Waals surface area contributed by atoms with Crippen LogP contribution in [0.3, 0.4) is 0 Å². The number of aromatic nitrogens is 4. The van der Waals surface area contributed by atoms with E-state index < -0.39 is 0 Å². The molecule has 0 atom stereocenters. The normalized spacial score (nSPS) is 16.4. The second-order valence-corrected chi connectivity index (χ2v) is 12.3. The minimum atomic E-state index is -0.130. The number of anilines is 5. The van der Waals surface area contributed by atoms with Crippen molar-refractivity contribution in [1.29, 1.82) is 0 Å². The molecule has 0 spiro atoms. The van der Waals surface area contributed by atoms with Gasteiger partial charge in [-0.15, -0.1) is 0 Å². The van der Waals surface area contributed by atoms with E-state index in [1.165, 1.54) is 0 Å². The lowest BCUT2D eigenvalue weighted by Crippen LogP contribution is -2.47. The zero-order valence-corrected chi connectivity index (χ0v) is 27.5. The largest absolute Gasteiger partial charge is 0.369 e. The summed E-state index contributed by atoms with van der Waals surface area (Å²) in [4.78, 5) is 29.6. The third-order valence-electron chi connectivity index (χ3n) is 8.74. The highest BCUT2D eigenvalue weighted by molar-refractivity contribution is 6.05. The van der Waals surface area contributed by atoms with Crippen LogP contribution in [0.15, 0.2) is 54.9 Å². The van der Waals surface area contributed by atoms with Crippen LogP contribution in [0.4, 0.5) is 28.7 Å². The minimum Gasteiger partial charge on any atom is -0.369 e. The Balaban J connectivity index is 1.17. The van der Waals surface area contributed by atoms with E-state index in [9.17, 15) is 4.79 Å². The number of hydrogen-bond donors (Lipinski definition) is 3. The Morgan fingerprint density at radius 2 is 1.65 bits per heavy atom. The number of nitrogens with one attached hydrogen (secondary N) is 3. The Morgan fingerprint density at radius 3 is 2.41 bits per heavy atom. The molecule has 2 aliphatic rings. The Morgan fingerprint density at radius 1 is 0.870 bits per heavy atom. The molecule has 2 fully saturated rings. The standard InChI is InChI=1S/C34H45N11O/c1-6-42-11-13-43(14-12-42)29-18-24(2)17-27(20-29)34(46)37-28-8-7-25(3)30(21-28)38-33-19-26(4)39-45(33)32-22-31(35-23-36-32)40-44-15-9-41(5)10-16-44/h7-8,17-23,38H,6,9-16H2,1-5H3,(H,37,46)(H,35,36,40). The van der Waals surface area contributed by atoms with Crippen molar-refractivity contribution in [2.75, 3.05) is 86.9 Å². The van der Waals surface area contributed by atoms with Crippen LogP contribution in [-0.2, 0) is 0 Å². The van der Waals surface area contributed by atoms with Crippen molar-refractivity contribution in [2.45, 2.75) is 27.7 Å². The molecule has 4 heterocycles. The van der Waals surface area contributed by atoms with Crippen LogP contribution in [0.1, 0.15) is 34.1 Å². The molecule has 6 rings (SSSR count). The van der Waals surface area contributed by atoms with Crippen molar-refractivity contribution < 1.29 is 4.79 Å². The number of piperazine rings is 2. The summed E-state index contributed by atoms with van der Waals surface area (Å²) in [7, 11) is 2.13. The topological polar surface area (TPSA) is 110 Å². The summed E-state index contributed by atoms with van der Waals surface area (Å²) in [5.41, 5.74) is 9.70. The maximum Gasteiger partial charge on any atom is 0.255 e. The predicted octanol–water partition coefficient (Wildman–Crippen LogP) is 4.30.